The molecule has 0 aromatic heterocycles. The number of aryl methyl sites for hydroxylation is 1. The molecule has 3 nitrogen and oxygen atoms in total. The van der Waals surface area contributed by atoms with Crippen LogP contribution in [0.3, 0.4) is 0 Å². The minimum absolute atomic E-state index is 0.0105. The van der Waals surface area contributed by atoms with Crippen molar-refractivity contribution in [1.29, 1.82) is 0 Å². The number of hydrogen-bond acceptors (Lipinski definition) is 3. The Morgan fingerprint density at radius 2 is 1.95 bits per heavy atom. The molecule has 0 radical (unpaired) electrons. The quantitative estimate of drug-likeness (QED) is 0.673. The van der Waals surface area contributed by atoms with Crippen LogP contribution in [0.4, 0.5) is 0 Å². The van der Waals surface area contributed by atoms with Gasteiger partial charge in [-0.3, -0.25) is 0 Å². The van der Waals surface area contributed by atoms with E-state index in [9.17, 15) is 15.3 Å². The Bertz CT molecular complexity index is 694. The van der Waals surface area contributed by atoms with Gasteiger partial charge < -0.3 is 15.3 Å². The summed E-state index contributed by atoms with van der Waals surface area (Å²) in [5, 5.41) is 29.1. The Hall–Kier alpha value is -2.16. The third-order valence-electron chi connectivity index (χ3n) is 4.70. The first-order chi connectivity index (χ1) is 9.63. The molecule has 0 unspecified atom stereocenters. The molecular formula is C17H16O3. The van der Waals surface area contributed by atoms with E-state index in [-0.39, 0.29) is 17.4 Å². The number of hydrogen-bond donors (Lipinski definition) is 3. The molecule has 3 heteroatoms. The molecule has 3 aliphatic carbocycles. The van der Waals surface area contributed by atoms with Crippen molar-refractivity contribution >= 4 is 0 Å². The van der Waals surface area contributed by atoms with E-state index in [1.807, 2.05) is 12.1 Å². The maximum absolute atomic E-state index is 9.79. The zero-order valence-corrected chi connectivity index (χ0v) is 11.0. The third kappa shape index (κ3) is 1.52. The van der Waals surface area contributed by atoms with E-state index in [2.05, 4.69) is 6.08 Å². The fourth-order valence-electron chi connectivity index (χ4n) is 3.81. The maximum Gasteiger partial charge on any atom is 0.153 e. The number of aliphatic hydroxyl groups is 2. The first-order valence-electron chi connectivity index (χ1n) is 6.99. The normalized spacial score (nSPS) is 27.4. The van der Waals surface area contributed by atoms with E-state index in [4.69, 9.17) is 0 Å². The van der Waals surface area contributed by atoms with E-state index in [0.29, 0.717) is 18.1 Å². The summed E-state index contributed by atoms with van der Waals surface area (Å²) in [6, 6.07) is 5.57. The number of phenols is 1. The minimum Gasteiger partial charge on any atom is -0.508 e. The molecule has 4 rings (SSSR count). The molecule has 3 aliphatic rings. The summed E-state index contributed by atoms with van der Waals surface area (Å²) in [6.07, 6.45) is 6.39. The molecule has 20 heavy (non-hydrogen) atoms. The van der Waals surface area contributed by atoms with Crippen LogP contribution in [0.2, 0.25) is 0 Å². The van der Waals surface area contributed by atoms with Crippen LogP contribution in [-0.4, -0.2) is 15.3 Å². The average molecular weight is 268 g/mol. The van der Waals surface area contributed by atoms with Crippen LogP contribution in [0.25, 0.3) is 0 Å². The van der Waals surface area contributed by atoms with Crippen LogP contribution >= 0.6 is 0 Å². The molecule has 1 aromatic carbocycles. The molecule has 1 aromatic rings. The molecule has 3 N–H and O–H groups in total. The van der Waals surface area contributed by atoms with Crippen LogP contribution in [0.5, 0.6) is 5.75 Å². The SMILES string of the molecule is OC1=C(O)CC2=C[C@@H]3CCc4cc(O)ccc4[C@@H]3C2=C1. The van der Waals surface area contributed by atoms with Crippen LogP contribution < -0.4 is 0 Å². The number of benzene rings is 1. The van der Waals surface area contributed by atoms with Gasteiger partial charge in [-0.05, 0) is 59.2 Å². The highest BCUT2D eigenvalue weighted by Gasteiger charge is 2.39. The largest absolute Gasteiger partial charge is 0.508 e. The van der Waals surface area contributed by atoms with Gasteiger partial charge in [0, 0.05) is 12.3 Å². The second-order valence-corrected chi connectivity index (χ2v) is 5.86. The summed E-state index contributed by atoms with van der Waals surface area (Å²) in [4.78, 5) is 0. The Labute approximate surface area is 117 Å². The molecule has 0 bridgehead atoms. The lowest BCUT2D eigenvalue weighted by molar-refractivity contribution is 0.325. The fourth-order valence-corrected chi connectivity index (χ4v) is 3.81. The van der Waals surface area contributed by atoms with Gasteiger partial charge in [0.05, 0.1) is 0 Å². The lowest BCUT2D eigenvalue weighted by Crippen LogP contribution is -2.18. The van der Waals surface area contributed by atoms with E-state index < -0.39 is 0 Å². The minimum atomic E-state index is -0.0105. The summed E-state index contributed by atoms with van der Waals surface area (Å²) in [7, 11) is 0. The first-order valence-corrected chi connectivity index (χ1v) is 6.99. The Balaban J connectivity index is 1.85. The highest BCUT2D eigenvalue weighted by molar-refractivity contribution is 5.57. The summed E-state index contributed by atoms with van der Waals surface area (Å²) in [5.41, 5.74) is 4.69. The smallest absolute Gasteiger partial charge is 0.153 e. The Kier molecular flexibility index (Phi) is 2.28. The predicted octanol–water partition coefficient (Wildman–Crippen LogP) is 3.64. The van der Waals surface area contributed by atoms with Crippen molar-refractivity contribution in [3.8, 4) is 5.75 Å². The van der Waals surface area contributed by atoms with Gasteiger partial charge in [0.15, 0.2) is 5.76 Å². The van der Waals surface area contributed by atoms with Gasteiger partial charge in [-0.1, -0.05) is 12.1 Å². The molecule has 0 aliphatic heterocycles. The van der Waals surface area contributed by atoms with E-state index in [1.54, 1.807) is 12.1 Å². The lowest BCUT2D eigenvalue weighted by atomic mass is 9.74. The molecule has 2 atom stereocenters. The summed E-state index contributed by atoms with van der Waals surface area (Å²) >= 11 is 0. The zero-order chi connectivity index (χ0) is 13.9. The highest BCUT2D eigenvalue weighted by atomic mass is 16.3. The number of fused-ring (bicyclic) bond motifs is 5. The fraction of sp³-hybridized carbons (Fsp3) is 0.294. The molecule has 0 fully saturated rings. The van der Waals surface area contributed by atoms with Gasteiger partial charge in [0.25, 0.3) is 0 Å². The zero-order valence-electron chi connectivity index (χ0n) is 11.0. The van der Waals surface area contributed by atoms with Crippen LogP contribution in [0, 0.1) is 5.92 Å². The van der Waals surface area contributed by atoms with Crippen molar-refractivity contribution in [3.63, 3.8) is 0 Å². The van der Waals surface area contributed by atoms with Crippen molar-refractivity contribution in [3.05, 3.63) is 64.1 Å². The van der Waals surface area contributed by atoms with E-state index in [0.717, 1.165) is 24.0 Å². The summed E-state index contributed by atoms with van der Waals surface area (Å²) < 4.78 is 0. The maximum atomic E-state index is 9.79. The van der Waals surface area contributed by atoms with Crippen molar-refractivity contribution in [1.82, 2.24) is 0 Å². The van der Waals surface area contributed by atoms with Crippen molar-refractivity contribution < 1.29 is 15.3 Å². The number of aliphatic hydroxyl groups excluding tert-OH is 2. The summed E-state index contributed by atoms with van der Waals surface area (Å²) in [5.74, 6) is 1.05. The van der Waals surface area contributed by atoms with Gasteiger partial charge in [0.1, 0.15) is 11.5 Å². The number of aromatic hydroxyl groups is 1. The number of phenolic OH excluding ortho intramolecular Hbond substituents is 1. The van der Waals surface area contributed by atoms with Gasteiger partial charge >= 0.3 is 0 Å². The Morgan fingerprint density at radius 1 is 1.10 bits per heavy atom. The van der Waals surface area contributed by atoms with Gasteiger partial charge in [-0.2, -0.15) is 0 Å². The van der Waals surface area contributed by atoms with E-state index in [1.165, 1.54) is 11.1 Å². The van der Waals surface area contributed by atoms with Gasteiger partial charge in [-0.25, -0.2) is 0 Å². The molecular weight excluding hydrogens is 252 g/mol. The molecule has 102 valence electrons. The predicted molar refractivity (Wildman–Crippen MR) is 75.7 cm³/mol. The van der Waals surface area contributed by atoms with E-state index >= 15 is 0 Å². The lowest BCUT2D eigenvalue weighted by Gasteiger charge is -2.30. The second-order valence-electron chi connectivity index (χ2n) is 5.86. The monoisotopic (exact) mass is 268 g/mol. The molecule has 0 spiro atoms. The first kappa shape index (κ1) is 11.6. The van der Waals surface area contributed by atoms with Crippen LogP contribution in [-0.2, 0) is 6.42 Å². The molecule has 0 saturated carbocycles. The summed E-state index contributed by atoms with van der Waals surface area (Å²) in [6.45, 7) is 0. The third-order valence-corrected chi connectivity index (χ3v) is 4.70. The van der Waals surface area contributed by atoms with Gasteiger partial charge in [0.2, 0.25) is 0 Å². The van der Waals surface area contributed by atoms with Crippen LogP contribution in [0.15, 0.2) is 53.0 Å². The highest BCUT2D eigenvalue weighted by Crippen LogP contribution is 2.52. The van der Waals surface area contributed by atoms with Gasteiger partial charge in [-0.15, -0.1) is 0 Å². The molecule has 0 saturated heterocycles. The molecule has 0 heterocycles. The average Bonchev–Trinajstić information content (AvgIpc) is 2.77. The van der Waals surface area contributed by atoms with Crippen LogP contribution in [0.1, 0.15) is 29.9 Å². The Morgan fingerprint density at radius 3 is 2.80 bits per heavy atom. The van der Waals surface area contributed by atoms with Crippen molar-refractivity contribution in [2.24, 2.45) is 5.92 Å². The van der Waals surface area contributed by atoms with Crippen molar-refractivity contribution in [2.45, 2.75) is 25.2 Å². The van der Waals surface area contributed by atoms with Crippen molar-refractivity contribution in [2.75, 3.05) is 0 Å². The standard InChI is InChI=1S/C17H16O3/c18-12-3-4-13-9(6-12)1-2-10-5-11-7-15(19)16(20)8-14(11)17(10)13/h3-6,8,10,17-20H,1-2,7H2/t10-,17+/m0/s1. The topological polar surface area (TPSA) is 60.7 Å². The molecule has 0 amide bonds. The second kappa shape index (κ2) is 3.92. The number of allylic oxidation sites excluding steroid dienone is 4. The number of rotatable bonds is 0.